The summed E-state index contributed by atoms with van der Waals surface area (Å²) in [5.74, 6) is 0.00779. The summed E-state index contributed by atoms with van der Waals surface area (Å²) < 4.78 is 129. The second-order valence-electron chi connectivity index (χ2n) is 20.2. The van der Waals surface area contributed by atoms with Crippen LogP contribution in [0.25, 0.3) is 27.5 Å². The van der Waals surface area contributed by atoms with Crippen LogP contribution in [0.1, 0.15) is 66.6 Å². The summed E-state index contributed by atoms with van der Waals surface area (Å²) in [5, 5.41) is 25.2. The zero-order chi connectivity index (χ0) is 58.4. The van der Waals surface area contributed by atoms with Crippen LogP contribution in [-0.4, -0.2) is 98.5 Å². The molecular weight excluding hydrogens is 1100 g/mol. The first-order valence-corrected chi connectivity index (χ1v) is 29.5. The molecule has 428 valence electrons. The third-order valence-corrected chi connectivity index (χ3v) is 19.0. The molecule has 0 aliphatic carbocycles. The summed E-state index contributed by atoms with van der Waals surface area (Å²) in [4.78, 5) is 21.1. The van der Waals surface area contributed by atoms with E-state index in [0.29, 0.717) is 51.3 Å². The average Bonchev–Trinajstić information content (AvgIpc) is 2.74. The van der Waals surface area contributed by atoms with Crippen LogP contribution in [0.2, 0.25) is 0 Å². The van der Waals surface area contributed by atoms with Gasteiger partial charge in [0.2, 0.25) is 25.2 Å². The van der Waals surface area contributed by atoms with Gasteiger partial charge in [-0.1, -0.05) is 31.2 Å². The number of fused-ring (bicyclic) bond motifs is 2. The minimum Gasteiger partial charge on any atom is -0.497 e. The Hall–Kier alpha value is -7.98. The lowest BCUT2D eigenvalue weighted by molar-refractivity contribution is -0.569. The number of rotatable bonds is 16. The molecule has 0 spiro atoms. The van der Waals surface area contributed by atoms with Gasteiger partial charge in [-0.15, -0.1) is 13.2 Å². The third-order valence-electron chi connectivity index (χ3n) is 15.5. The molecule has 2 fully saturated rings. The van der Waals surface area contributed by atoms with Crippen molar-refractivity contribution in [3.8, 4) is 28.7 Å². The van der Waals surface area contributed by atoms with Crippen molar-refractivity contribution in [1.29, 1.82) is 0 Å². The smallest absolute Gasteiger partial charge is 0.497 e. The second-order valence-corrected chi connectivity index (χ2v) is 24.0. The topological polar surface area (TPSA) is 195 Å². The Morgan fingerprint density at radius 3 is 1.82 bits per heavy atom. The van der Waals surface area contributed by atoms with Gasteiger partial charge >= 0.3 is 12.3 Å². The number of nitrogens with zero attached hydrogens (tertiary/aromatic N) is 4. The standard InChI is InChI=1S/C61H60F3N4O12S2/c1-6-39-11-18-46(19-12-39)82(74,75)55-38-68(51-23-13-40(58(69)79-7-2)33-49(51)57(55)67-31-25-59(70,26-32-67)41-9-8-10-44(34-41)77-4)52-24-14-42(35-53(52)78-5)60(71)27-29-66(30-28-60)56-48-36-45(80-61(62,63)64)17-22-50(48)65-37-54(56)81(72,73)47-20-15-43(76-3)16-21-47/h8-24,33-38,70-71H,6-7,25-32H2,1-5H3/q+1. The number of hydrogen-bond acceptors (Lipinski definition) is 15. The van der Waals surface area contributed by atoms with Crippen LogP contribution in [0.15, 0.2) is 159 Å². The molecular formula is C61H60F3N4O12S2+. The van der Waals surface area contributed by atoms with Gasteiger partial charge in [-0.05, 0) is 147 Å². The van der Waals surface area contributed by atoms with Crippen LogP contribution in [0.5, 0.6) is 23.0 Å². The van der Waals surface area contributed by atoms with Crippen LogP contribution in [0, 0.1) is 0 Å². The van der Waals surface area contributed by atoms with Crippen LogP contribution in [0.4, 0.5) is 24.5 Å². The minimum atomic E-state index is -5.04. The minimum absolute atomic E-state index is 0.00345. The van der Waals surface area contributed by atoms with Crippen molar-refractivity contribution < 1.29 is 73.3 Å². The van der Waals surface area contributed by atoms with Gasteiger partial charge in [0, 0.05) is 49.9 Å². The van der Waals surface area contributed by atoms with Crippen LogP contribution in [0.3, 0.4) is 0 Å². The quantitative estimate of drug-likeness (QED) is 0.0685. The van der Waals surface area contributed by atoms with E-state index in [1.807, 2.05) is 17.9 Å². The Morgan fingerprint density at radius 2 is 1.23 bits per heavy atom. The Bertz CT molecular complexity index is 3960. The number of esters is 1. The molecule has 2 N–H and O–H groups in total. The SMILES string of the molecule is CCOC(=O)c1ccc2c(c1)c(N1CCC(O)(c3cccc(OC)c3)CC1)c(S(=O)(=O)c1ccc(CC)cc1)c[n+]2-c1ccc(C2(O)CCN(c3c(S(=O)(=O)c4ccc(OC)cc4)cnc4ccc(OC(F)(F)F)cc34)CC2)cc1OC. The zero-order valence-electron chi connectivity index (χ0n) is 45.6. The molecule has 4 heterocycles. The number of carbonyl (C=O) groups is 1. The van der Waals surface area contributed by atoms with Crippen molar-refractivity contribution in [3.63, 3.8) is 0 Å². The fourth-order valence-corrected chi connectivity index (χ4v) is 13.9. The summed E-state index contributed by atoms with van der Waals surface area (Å²) in [5.41, 5.74) is 0.751. The normalized spacial score (nSPS) is 15.5. The van der Waals surface area contributed by atoms with Gasteiger partial charge in [0.25, 0.3) is 5.69 Å². The first-order chi connectivity index (χ1) is 39.1. The predicted molar refractivity (Wildman–Crippen MR) is 300 cm³/mol. The molecule has 2 aliphatic heterocycles. The van der Waals surface area contributed by atoms with Crippen molar-refractivity contribution in [2.45, 2.75) is 83.1 Å². The van der Waals surface area contributed by atoms with Gasteiger partial charge in [-0.3, -0.25) is 4.98 Å². The molecule has 2 saturated heterocycles. The van der Waals surface area contributed by atoms with E-state index in [-0.39, 0.29) is 106 Å². The Balaban J connectivity index is 1.06. The zero-order valence-corrected chi connectivity index (χ0v) is 47.2. The van der Waals surface area contributed by atoms with E-state index in [1.165, 1.54) is 56.9 Å². The number of aromatic nitrogens is 2. The van der Waals surface area contributed by atoms with Gasteiger partial charge in [0.05, 0.1) is 76.8 Å². The number of piperidine rings is 2. The highest BCUT2D eigenvalue weighted by Gasteiger charge is 2.42. The first-order valence-electron chi connectivity index (χ1n) is 26.5. The summed E-state index contributed by atoms with van der Waals surface area (Å²) in [6, 6.07) is 33.0. The molecule has 2 aromatic heterocycles. The van der Waals surface area contributed by atoms with Crippen molar-refractivity contribution in [2.24, 2.45) is 0 Å². The lowest BCUT2D eigenvalue weighted by Gasteiger charge is -2.40. The van der Waals surface area contributed by atoms with Crippen molar-refractivity contribution in [2.75, 3.05) is 63.9 Å². The summed E-state index contributed by atoms with van der Waals surface area (Å²) in [6.45, 7) is 4.21. The molecule has 0 unspecified atom stereocenters. The molecule has 6 aromatic carbocycles. The van der Waals surface area contributed by atoms with E-state index in [0.717, 1.165) is 17.7 Å². The number of anilines is 2. The number of aliphatic hydroxyl groups is 2. The lowest BCUT2D eigenvalue weighted by Crippen LogP contribution is -2.44. The molecule has 0 bridgehead atoms. The maximum absolute atomic E-state index is 15.4. The molecule has 2 aliphatic rings. The van der Waals surface area contributed by atoms with E-state index in [2.05, 4.69) is 9.72 Å². The number of hydrogen-bond donors (Lipinski definition) is 2. The molecule has 10 rings (SSSR count). The maximum Gasteiger partial charge on any atom is 0.573 e. The number of benzene rings is 6. The van der Waals surface area contributed by atoms with E-state index in [1.54, 1.807) is 102 Å². The van der Waals surface area contributed by atoms with Crippen molar-refractivity contribution in [3.05, 3.63) is 162 Å². The van der Waals surface area contributed by atoms with Crippen molar-refractivity contribution >= 4 is 58.8 Å². The predicted octanol–water partition coefficient (Wildman–Crippen LogP) is 9.97. The highest BCUT2D eigenvalue weighted by molar-refractivity contribution is 7.92. The number of sulfone groups is 2. The molecule has 16 nitrogen and oxygen atoms in total. The molecule has 0 saturated carbocycles. The van der Waals surface area contributed by atoms with Crippen molar-refractivity contribution in [1.82, 2.24) is 4.98 Å². The first kappa shape index (κ1) is 57.3. The lowest BCUT2D eigenvalue weighted by atomic mass is 9.84. The summed E-state index contributed by atoms with van der Waals surface area (Å²) >= 11 is 0. The number of ether oxygens (including phenoxy) is 5. The van der Waals surface area contributed by atoms with Crippen LogP contribution in [-0.2, 0) is 42.0 Å². The average molecular weight is 1160 g/mol. The van der Waals surface area contributed by atoms with Gasteiger partial charge in [0.15, 0.2) is 16.8 Å². The molecule has 0 radical (unpaired) electrons. The van der Waals surface area contributed by atoms with Crippen LogP contribution < -0.4 is 33.3 Å². The fourth-order valence-electron chi connectivity index (χ4n) is 11.0. The third kappa shape index (κ3) is 11.0. The number of carbonyl (C=O) groups excluding carboxylic acids is 1. The number of aryl methyl sites for hydroxylation is 1. The molecule has 21 heteroatoms. The highest BCUT2D eigenvalue weighted by atomic mass is 32.2. The Labute approximate surface area is 472 Å². The van der Waals surface area contributed by atoms with Crippen LogP contribution >= 0.6 is 0 Å². The second kappa shape index (κ2) is 22.4. The molecule has 0 atom stereocenters. The van der Waals surface area contributed by atoms with E-state index >= 15 is 8.42 Å². The monoisotopic (exact) mass is 1160 g/mol. The fraction of sp³-hybridized carbons (Fsp3) is 0.295. The summed E-state index contributed by atoms with van der Waals surface area (Å²) in [6.07, 6.45) is -1.23. The highest BCUT2D eigenvalue weighted by Crippen LogP contribution is 2.45. The van der Waals surface area contributed by atoms with Gasteiger partial charge in [0.1, 0.15) is 22.1 Å². The number of alkyl halides is 3. The van der Waals surface area contributed by atoms with Gasteiger partial charge < -0.3 is 43.7 Å². The van der Waals surface area contributed by atoms with E-state index in [9.17, 15) is 36.6 Å². The number of halogens is 3. The van der Waals surface area contributed by atoms with E-state index < -0.39 is 49.0 Å². The molecule has 82 heavy (non-hydrogen) atoms. The molecule has 0 amide bonds. The Kier molecular flexibility index (Phi) is 15.6. The molecule has 8 aromatic rings. The Morgan fingerprint density at radius 1 is 0.646 bits per heavy atom. The summed E-state index contributed by atoms with van der Waals surface area (Å²) in [7, 11) is -4.33. The van der Waals surface area contributed by atoms with E-state index in [4.69, 9.17) is 18.9 Å². The number of pyridine rings is 2. The van der Waals surface area contributed by atoms with Gasteiger partial charge in [-0.25, -0.2) is 21.6 Å². The van der Waals surface area contributed by atoms with Gasteiger partial charge in [-0.2, -0.15) is 4.57 Å². The maximum atomic E-state index is 15.4. The number of methoxy groups -OCH3 is 3. The largest absolute Gasteiger partial charge is 0.573 e.